The summed E-state index contributed by atoms with van der Waals surface area (Å²) in [6.07, 6.45) is 3.16. The van der Waals surface area contributed by atoms with Gasteiger partial charge >= 0.3 is 0 Å². The SMILES string of the molecule is CC(C)(O)[C@@H]1CCC(N)C1. The molecule has 1 aliphatic carbocycles. The Morgan fingerprint density at radius 1 is 1.40 bits per heavy atom. The normalized spacial score (nSPS) is 34.8. The first-order valence-corrected chi connectivity index (χ1v) is 3.98. The van der Waals surface area contributed by atoms with E-state index in [4.69, 9.17) is 5.73 Å². The van der Waals surface area contributed by atoms with Crippen LogP contribution in [0.1, 0.15) is 33.1 Å². The predicted molar refractivity (Wildman–Crippen MR) is 41.6 cm³/mol. The zero-order valence-corrected chi connectivity index (χ0v) is 6.80. The topological polar surface area (TPSA) is 46.2 Å². The summed E-state index contributed by atoms with van der Waals surface area (Å²) in [4.78, 5) is 0. The van der Waals surface area contributed by atoms with E-state index in [1.807, 2.05) is 13.8 Å². The highest BCUT2D eigenvalue weighted by Gasteiger charge is 2.32. The molecular formula is C8H17NO. The van der Waals surface area contributed by atoms with Crippen molar-refractivity contribution in [3.63, 3.8) is 0 Å². The number of aliphatic hydroxyl groups is 1. The first-order valence-electron chi connectivity index (χ1n) is 3.98. The van der Waals surface area contributed by atoms with Gasteiger partial charge in [-0.2, -0.15) is 0 Å². The van der Waals surface area contributed by atoms with Crippen LogP contribution in [-0.4, -0.2) is 16.7 Å². The Hall–Kier alpha value is -0.0800. The van der Waals surface area contributed by atoms with Crippen LogP contribution in [0.25, 0.3) is 0 Å². The van der Waals surface area contributed by atoms with Crippen LogP contribution in [0.5, 0.6) is 0 Å². The quantitative estimate of drug-likeness (QED) is 0.572. The molecule has 60 valence electrons. The molecule has 10 heavy (non-hydrogen) atoms. The summed E-state index contributed by atoms with van der Waals surface area (Å²) in [6, 6.07) is 0.330. The van der Waals surface area contributed by atoms with Crippen molar-refractivity contribution in [3.05, 3.63) is 0 Å². The lowest BCUT2D eigenvalue weighted by Gasteiger charge is -2.24. The highest BCUT2D eigenvalue weighted by Crippen LogP contribution is 2.32. The molecule has 0 aromatic rings. The van der Waals surface area contributed by atoms with Crippen LogP contribution in [0.15, 0.2) is 0 Å². The summed E-state index contributed by atoms with van der Waals surface area (Å²) in [6.45, 7) is 3.74. The monoisotopic (exact) mass is 143 g/mol. The molecule has 0 aromatic heterocycles. The van der Waals surface area contributed by atoms with Crippen LogP contribution in [0.4, 0.5) is 0 Å². The molecule has 0 bridgehead atoms. The minimum absolute atomic E-state index is 0.330. The molecule has 0 amide bonds. The molecule has 2 heteroatoms. The van der Waals surface area contributed by atoms with Crippen LogP contribution >= 0.6 is 0 Å². The van der Waals surface area contributed by atoms with Gasteiger partial charge in [0.1, 0.15) is 0 Å². The molecule has 1 saturated carbocycles. The molecule has 0 aromatic carbocycles. The van der Waals surface area contributed by atoms with Gasteiger partial charge in [-0.05, 0) is 39.0 Å². The summed E-state index contributed by atoms with van der Waals surface area (Å²) < 4.78 is 0. The van der Waals surface area contributed by atoms with Crippen molar-refractivity contribution in [2.45, 2.75) is 44.8 Å². The van der Waals surface area contributed by atoms with E-state index in [0.29, 0.717) is 12.0 Å². The van der Waals surface area contributed by atoms with E-state index in [2.05, 4.69) is 0 Å². The maximum Gasteiger partial charge on any atom is 0.0620 e. The third-order valence-electron chi connectivity index (χ3n) is 2.47. The van der Waals surface area contributed by atoms with Gasteiger partial charge in [-0.3, -0.25) is 0 Å². The summed E-state index contributed by atoms with van der Waals surface area (Å²) in [7, 11) is 0. The van der Waals surface area contributed by atoms with Gasteiger partial charge in [0, 0.05) is 6.04 Å². The van der Waals surface area contributed by atoms with Gasteiger partial charge in [0.15, 0.2) is 0 Å². The molecular weight excluding hydrogens is 126 g/mol. The Morgan fingerprint density at radius 3 is 2.20 bits per heavy atom. The van der Waals surface area contributed by atoms with Gasteiger partial charge < -0.3 is 10.8 Å². The molecule has 1 fully saturated rings. The van der Waals surface area contributed by atoms with Crippen LogP contribution in [0.2, 0.25) is 0 Å². The van der Waals surface area contributed by atoms with Crippen molar-refractivity contribution in [1.29, 1.82) is 0 Å². The molecule has 0 saturated heterocycles. The highest BCUT2D eigenvalue weighted by molar-refractivity contribution is 4.87. The fourth-order valence-electron chi connectivity index (χ4n) is 1.66. The predicted octanol–water partition coefficient (Wildman–Crippen LogP) is 0.885. The van der Waals surface area contributed by atoms with E-state index in [1.165, 1.54) is 0 Å². The summed E-state index contributed by atoms with van der Waals surface area (Å²) >= 11 is 0. The minimum Gasteiger partial charge on any atom is -0.390 e. The largest absolute Gasteiger partial charge is 0.390 e. The number of nitrogens with two attached hydrogens (primary N) is 1. The van der Waals surface area contributed by atoms with Gasteiger partial charge in [-0.25, -0.2) is 0 Å². The molecule has 0 heterocycles. The van der Waals surface area contributed by atoms with Gasteiger partial charge in [0.05, 0.1) is 5.60 Å². The molecule has 2 atom stereocenters. The Morgan fingerprint density at radius 2 is 2.00 bits per heavy atom. The molecule has 0 radical (unpaired) electrons. The Labute approximate surface area is 62.4 Å². The standard InChI is InChI=1S/C8H17NO/c1-8(2,10)6-3-4-7(9)5-6/h6-7,10H,3-5,9H2,1-2H3/t6-,7?/m1/s1. The molecule has 0 spiro atoms. The average Bonchev–Trinajstić information content (AvgIpc) is 2.11. The number of hydrogen-bond acceptors (Lipinski definition) is 2. The van der Waals surface area contributed by atoms with Gasteiger partial charge in [0.2, 0.25) is 0 Å². The maximum atomic E-state index is 9.58. The average molecular weight is 143 g/mol. The Balaban J connectivity index is 2.45. The maximum absolute atomic E-state index is 9.58. The molecule has 1 aliphatic rings. The van der Waals surface area contributed by atoms with Crippen LogP contribution in [0.3, 0.4) is 0 Å². The highest BCUT2D eigenvalue weighted by atomic mass is 16.3. The van der Waals surface area contributed by atoms with Crippen LogP contribution in [0, 0.1) is 5.92 Å². The lowest BCUT2D eigenvalue weighted by Crippen LogP contribution is -2.30. The van der Waals surface area contributed by atoms with Crippen molar-refractivity contribution in [1.82, 2.24) is 0 Å². The van der Waals surface area contributed by atoms with Crippen molar-refractivity contribution in [3.8, 4) is 0 Å². The summed E-state index contributed by atoms with van der Waals surface area (Å²) in [5.41, 5.74) is 5.19. The van der Waals surface area contributed by atoms with E-state index >= 15 is 0 Å². The Kier molecular flexibility index (Phi) is 2.02. The molecule has 0 aliphatic heterocycles. The third kappa shape index (κ3) is 1.70. The van der Waals surface area contributed by atoms with E-state index < -0.39 is 5.60 Å². The van der Waals surface area contributed by atoms with Crippen molar-refractivity contribution in [2.75, 3.05) is 0 Å². The Bertz CT molecular complexity index is 117. The second-order valence-electron chi connectivity index (χ2n) is 3.92. The smallest absolute Gasteiger partial charge is 0.0620 e. The van der Waals surface area contributed by atoms with E-state index in [9.17, 15) is 5.11 Å². The van der Waals surface area contributed by atoms with Crippen molar-refractivity contribution in [2.24, 2.45) is 11.7 Å². The number of rotatable bonds is 1. The van der Waals surface area contributed by atoms with Crippen molar-refractivity contribution < 1.29 is 5.11 Å². The van der Waals surface area contributed by atoms with E-state index in [1.54, 1.807) is 0 Å². The first-order chi connectivity index (χ1) is 4.50. The van der Waals surface area contributed by atoms with E-state index in [-0.39, 0.29) is 0 Å². The zero-order chi connectivity index (χ0) is 7.78. The van der Waals surface area contributed by atoms with Gasteiger partial charge in [0.25, 0.3) is 0 Å². The number of hydrogen-bond donors (Lipinski definition) is 2. The second-order valence-corrected chi connectivity index (χ2v) is 3.92. The molecule has 2 nitrogen and oxygen atoms in total. The first kappa shape index (κ1) is 8.02. The molecule has 1 rings (SSSR count). The summed E-state index contributed by atoms with van der Waals surface area (Å²) in [5, 5.41) is 9.58. The fourth-order valence-corrected chi connectivity index (χ4v) is 1.66. The van der Waals surface area contributed by atoms with Gasteiger partial charge in [-0.15, -0.1) is 0 Å². The van der Waals surface area contributed by atoms with Gasteiger partial charge in [-0.1, -0.05) is 0 Å². The lowest BCUT2D eigenvalue weighted by molar-refractivity contribution is 0.0195. The van der Waals surface area contributed by atoms with Crippen molar-refractivity contribution >= 4 is 0 Å². The van der Waals surface area contributed by atoms with Crippen LogP contribution in [-0.2, 0) is 0 Å². The van der Waals surface area contributed by atoms with Crippen LogP contribution < -0.4 is 5.73 Å². The molecule has 3 N–H and O–H groups in total. The summed E-state index contributed by atoms with van der Waals surface area (Å²) in [5.74, 6) is 0.419. The van der Waals surface area contributed by atoms with E-state index in [0.717, 1.165) is 19.3 Å². The molecule has 1 unspecified atom stereocenters. The fraction of sp³-hybridized carbons (Fsp3) is 1.00. The zero-order valence-electron chi connectivity index (χ0n) is 6.80. The lowest BCUT2D eigenvalue weighted by atomic mass is 9.90. The third-order valence-corrected chi connectivity index (χ3v) is 2.47. The minimum atomic E-state index is -0.520. The second kappa shape index (κ2) is 2.51.